The summed E-state index contributed by atoms with van der Waals surface area (Å²) in [5.74, 6) is -1.65. The minimum atomic E-state index is -0.688. The Balaban J connectivity index is 0.00000242. The van der Waals surface area contributed by atoms with Crippen molar-refractivity contribution >= 4 is 29.7 Å². The molecule has 8 heteroatoms. The monoisotopic (exact) mass is 347 g/mol. The van der Waals surface area contributed by atoms with E-state index in [0.29, 0.717) is 13.1 Å². The second kappa shape index (κ2) is 8.17. The topological polar surface area (TPSA) is 45.2 Å². The fourth-order valence-corrected chi connectivity index (χ4v) is 2.61. The number of aromatic nitrogens is 1. The predicted octanol–water partition coefficient (Wildman–Crippen LogP) is 2.80. The summed E-state index contributed by atoms with van der Waals surface area (Å²) in [6.45, 7) is 1.18. The maximum atomic E-state index is 13.7. The van der Waals surface area contributed by atoms with Gasteiger partial charge in [-0.1, -0.05) is 6.07 Å². The molecule has 22 heavy (non-hydrogen) atoms. The van der Waals surface area contributed by atoms with Crippen molar-refractivity contribution in [1.29, 1.82) is 0 Å². The summed E-state index contributed by atoms with van der Waals surface area (Å²) in [4.78, 5) is 17.7. The molecule has 0 spiro atoms. The van der Waals surface area contributed by atoms with Crippen LogP contribution in [0.3, 0.4) is 0 Å². The molecule has 0 aliphatic carbocycles. The second-order valence-corrected chi connectivity index (χ2v) is 5.32. The lowest BCUT2D eigenvalue weighted by Gasteiger charge is -2.15. The van der Waals surface area contributed by atoms with E-state index >= 15 is 0 Å². The number of carbonyl (C=O) groups is 1. The summed E-state index contributed by atoms with van der Waals surface area (Å²) in [5.41, 5.74) is -0.00400. The van der Waals surface area contributed by atoms with Crippen LogP contribution in [0.25, 0.3) is 10.6 Å². The summed E-state index contributed by atoms with van der Waals surface area (Å²) in [6.07, 6.45) is 0. The number of rotatable bonds is 5. The van der Waals surface area contributed by atoms with Gasteiger partial charge in [-0.25, -0.2) is 13.8 Å². The lowest BCUT2D eigenvalue weighted by Crippen LogP contribution is -2.32. The number of halogens is 3. The molecule has 120 valence electrons. The van der Waals surface area contributed by atoms with Crippen molar-refractivity contribution in [1.82, 2.24) is 15.2 Å². The number of nitrogens with one attached hydrogen (secondary N) is 1. The van der Waals surface area contributed by atoms with E-state index in [0.717, 1.165) is 11.3 Å². The molecule has 0 bridgehead atoms. The van der Waals surface area contributed by atoms with E-state index in [1.165, 1.54) is 28.5 Å². The smallest absolute Gasteiger partial charge is 0.273 e. The molecule has 0 aliphatic rings. The molecule has 1 aromatic heterocycles. The highest BCUT2D eigenvalue weighted by atomic mass is 35.5. The van der Waals surface area contributed by atoms with Crippen molar-refractivity contribution in [3.63, 3.8) is 0 Å². The molecule has 1 N–H and O–H groups in total. The van der Waals surface area contributed by atoms with Crippen LogP contribution in [0.15, 0.2) is 23.6 Å². The third kappa shape index (κ3) is 4.00. The molecule has 2 aromatic rings. The van der Waals surface area contributed by atoms with E-state index in [9.17, 15) is 13.6 Å². The van der Waals surface area contributed by atoms with Gasteiger partial charge in [-0.2, -0.15) is 0 Å². The SMILES string of the molecule is CNCCN(C)C(=O)c1csc(-c2c(F)cccc2F)n1.Cl. The summed E-state index contributed by atoms with van der Waals surface area (Å²) < 4.78 is 27.4. The number of hydrogen-bond acceptors (Lipinski definition) is 4. The van der Waals surface area contributed by atoms with Gasteiger partial charge >= 0.3 is 0 Å². The molecule has 0 unspecified atom stereocenters. The van der Waals surface area contributed by atoms with Crippen LogP contribution >= 0.6 is 23.7 Å². The van der Waals surface area contributed by atoms with Crippen LogP contribution in [0.4, 0.5) is 8.78 Å². The lowest BCUT2D eigenvalue weighted by atomic mass is 10.2. The Hall–Kier alpha value is -1.57. The molecule has 1 aromatic carbocycles. The van der Waals surface area contributed by atoms with Gasteiger partial charge < -0.3 is 10.2 Å². The third-order valence-electron chi connectivity index (χ3n) is 2.94. The van der Waals surface area contributed by atoms with Gasteiger partial charge in [0, 0.05) is 25.5 Å². The van der Waals surface area contributed by atoms with Crippen LogP contribution in [-0.4, -0.2) is 43.0 Å². The molecule has 4 nitrogen and oxygen atoms in total. The Bertz CT molecular complexity index is 631. The van der Waals surface area contributed by atoms with Crippen molar-refractivity contribution in [2.24, 2.45) is 0 Å². The van der Waals surface area contributed by atoms with Crippen LogP contribution < -0.4 is 5.32 Å². The number of likely N-dealkylation sites (N-methyl/N-ethyl adjacent to an activating group) is 2. The largest absolute Gasteiger partial charge is 0.339 e. The zero-order chi connectivity index (χ0) is 15.4. The first-order chi connectivity index (χ1) is 10.0. The van der Waals surface area contributed by atoms with Gasteiger partial charge in [-0.05, 0) is 19.2 Å². The van der Waals surface area contributed by atoms with E-state index in [1.807, 2.05) is 0 Å². The quantitative estimate of drug-likeness (QED) is 0.904. The van der Waals surface area contributed by atoms with Gasteiger partial charge in [0.25, 0.3) is 5.91 Å². The van der Waals surface area contributed by atoms with E-state index in [2.05, 4.69) is 10.3 Å². The highest BCUT2D eigenvalue weighted by molar-refractivity contribution is 7.13. The van der Waals surface area contributed by atoms with Crippen LogP contribution in [0.5, 0.6) is 0 Å². The minimum absolute atomic E-state index is 0. The van der Waals surface area contributed by atoms with Crippen molar-refractivity contribution in [2.45, 2.75) is 0 Å². The Kier molecular flexibility index (Phi) is 6.86. The first-order valence-corrected chi connectivity index (χ1v) is 7.22. The maximum absolute atomic E-state index is 13.7. The molecule has 2 rings (SSSR count). The highest BCUT2D eigenvalue weighted by Gasteiger charge is 2.19. The zero-order valence-electron chi connectivity index (χ0n) is 12.1. The van der Waals surface area contributed by atoms with Crippen LogP contribution in [0.1, 0.15) is 10.5 Å². The van der Waals surface area contributed by atoms with Crippen LogP contribution in [-0.2, 0) is 0 Å². The Morgan fingerprint density at radius 2 is 2.00 bits per heavy atom. The number of hydrogen-bond donors (Lipinski definition) is 1. The lowest BCUT2D eigenvalue weighted by molar-refractivity contribution is 0.0792. The number of amides is 1. The number of nitrogens with zero attached hydrogens (tertiary/aromatic N) is 2. The number of benzene rings is 1. The number of thiazole rings is 1. The maximum Gasteiger partial charge on any atom is 0.273 e. The van der Waals surface area contributed by atoms with Crippen molar-refractivity contribution in [3.05, 3.63) is 40.9 Å². The van der Waals surface area contributed by atoms with Gasteiger partial charge in [-0.3, -0.25) is 4.79 Å². The first-order valence-electron chi connectivity index (χ1n) is 6.34. The Morgan fingerprint density at radius 1 is 1.36 bits per heavy atom. The molecule has 0 saturated heterocycles. The average Bonchev–Trinajstić information content (AvgIpc) is 2.93. The summed E-state index contributed by atoms with van der Waals surface area (Å²) in [6, 6.07) is 3.63. The second-order valence-electron chi connectivity index (χ2n) is 4.46. The average molecular weight is 348 g/mol. The number of carbonyl (C=O) groups excluding carboxylic acids is 1. The standard InChI is InChI=1S/C14H15F2N3OS.ClH/c1-17-6-7-19(2)14(20)11-8-21-13(18-11)12-9(15)4-3-5-10(12)16;/h3-5,8,17H,6-7H2,1-2H3;1H. The van der Waals surface area contributed by atoms with Crippen molar-refractivity contribution in [3.8, 4) is 10.6 Å². The van der Waals surface area contributed by atoms with E-state index in [-0.39, 0.29) is 34.6 Å². The van der Waals surface area contributed by atoms with Gasteiger partial charge in [-0.15, -0.1) is 23.7 Å². The fraction of sp³-hybridized carbons (Fsp3) is 0.286. The molecule has 0 aliphatic heterocycles. The Labute approximate surface area is 137 Å². The summed E-state index contributed by atoms with van der Waals surface area (Å²) in [5, 5.41) is 4.62. The Morgan fingerprint density at radius 3 is 2.59 bits per heavy atom. The van der Waals surface area contributed by atoms with Gasteiger partial charge in [0.15, 0.2) is 0 Å². The van der Waals surface area contributed by atoms with Gasteiger partial charge in [0.1, 0.15) is 22.3 Å². The zero-order valence-corrected chi connectivity index (χ0v) is 13.7. The predicted molar refractivity (Wildman–Crippen MR) is 85.6 cm³/mol. The molecule has 0 radical (unpaired) electrons. The minimum Gasteiger partial charge on any atom is -0.339 e. The van der Waals surface area contributed by atoms with E-state index in [4.69, 9.17) is 0 Å². The highest BCUT2D eigenvalue weighted by Crippen LogP contribution is 2.29. The molecule has 0 saturated carbocycles. The normalized spacial score (nSPS) is 10.2. The fourth-order valence-electron chi connectivity index (χ4n) is 1.77. The van der Waals surface area contributed by atoms with E-state index < -0.39 is 11.6 Å². The third-order valence-corrected chi connectivity index (χ3v) is 3.80. The van der Waals surface area contributed by atoms with Crippen molar-refractivity contribution < 1.29 is 13.6 Å². The summed E-state index contributed by atoms with van der Waals surface area (Å²) >= 11 is 1.05. The molecule has 0 atom stereocenters. The van der Waals surface area contributed by atoms with Crippen LogP contribution in [0.2, 0.25) is 0 Å². The van der Waals surface area contributed by atoms with Crippen LogP contribution in [0, 0.1) is 11.6 Å². The van der Waals surface area contributed by atoms with Gasteiger partial charge in [0.2, 0.25) is 0 Å². The summed E-state index contributed by atoms with van der Waals surface area (Å²) in [7, 11) is 3.45. The first kappa shape index (κ1) is 18.5. The molecule has 0 fully saturated rings. The van der Waals surface area contributed by atoms with E-state index in [1.54, 1.807) is 14.1 Å². The molecule has 1 heterocycles. The molecular formula is C14H16ClF2N3OS. The molecular weight excluding hydrogens is 332 g/mol. The molecule has 1 amide bonds. The van der Waals surface area contributed by atoms with Gasteiger partial charge in [0.05, 0.1) is 5.56 Å². The van der Waals surface area contributed by atoms with Crippen molar-refractivity contribution in [2.75, 3.05) is 27.2 Å².